The minimum absolute atomic E-state index is 0.831. The number of amidine groups is 1. The SMILES string of the molecule is CCN1CCN=C1CNc1cccc(C)c1C. The van der Waals surface area contributed by atoms with Gasteiger partial charge in [0.05, 0.1) is 13.1 Å². The maximum atomic E-state index is 4.54. The van der Waals surface area contributed by atoms with Gasteiger partial charge in [0.1, 0.15) is 5.84 Å². The topological polar surface area (TPSA) is 27.6 Å². The van der Waals surface area contributed by atoms with Gasteiger partial charge >= 0.3 is 0 Å². The molecule has 3 heteroatoms. The summed E-state index contributed by atoms with van der Waals surface area (Å²) in [4.78, 5) is 6.87. The molecule has 0 atom stereocenters. The average Bonchev–Trinajstić information content (AvgIpc) is 2.78. The van der Waals surface area contributed by atoms with Gasteiger partial charge in [-0.1, -0.05) is 12.1 Å². The van der Waals surface area contributed by atoms with Crippen LogP contribution < -0.4 is 5.32 Å². The summed E-state index contributed by atoms with van der Waals surface area (Å²) in [5.41, 5.74) is 3.88. The van der Waals surface area contributed by atoms with Gasteiger partial charge in [0.2, 0.25) is 0 Å². The van der Waals surface area contributed by atoms with E-state index in [1.54, 1.807) is 0 Å². The highest BCUT2D eigenvalue weighted by Crippen LogP contribution is 2.17. The van der Waals surface area contributed by atoms with Crippen LogP contribution >= 0.6 is 0 Å². The first kappa shape index (κ1) is 12.0. The predicted molar refractivity (Wildman–Crippen MR) is 74.0 cm³/mol. The minimum atomic E-state index is 0.831. The normalized spacial score (nSPS) is 15.0. The lowest BCUT2D eigenvalue weighted by molar-refractivity contribution is 0.479. The summed E-state index contributed by atoms with van der Waals surface area (Å²) in [5, 5.41) is 3.49. The summed E-state index contributed by atoms with van der Waals surface area (Å²) < 4.78 is 0. The van der Waals surface area contributed by atoms with Crippen molar-refractivity contribution in [2.45, 2.75) is 20.8 Å². The van der Waals surface area contributed by atoms with Crippen LogP contribution in [0.5, 0.6) is 0 Å². The minimum Gasteiger partial charge on any atom is -0.378 e. The van der Waals surface area contributed by atoms with Crippen molar-refractivity contribution in [3.05, 3.63) is 29.3 Å². The first-order chi connectivity index (χ1) is 8.22. The van der Waals surface area contributed by atoms with E-state index in [2.05, 4.69) is 54.2 Å². The second-order valence-corrected chi connectivity index (χ2v) is 4.48. The standard InChI is InChI=1S/C14H21N3/c1-4-17-9-8-15-14(17)10-16-13-7-5-6-11(2)12(13)3/h5-7,16H,4,8-10H2,1-3H3. The number of benzene rings is 1. The quantitative estimate of drug-likeness (QED) is 0.862. The number of nitrogens with zero attached hydrogens (tertiary/aromatic N) is 2. The number of hydrogen-bond donors (Lipinski definition) is 1. The second kappa shape index (κ2) is 5.21. The molecule has 2 rings (SSSR count). The van der Waals surface area contributed by atoms with Gasteiger partial charge in [0.15, 0.2) is 0 Å². The Hall–Kier alpha value is -1.51. The van der Waals surface area contributed by atoms with Crippen molar-refractivity contribution in [1.29, 1.82) is 0 Å². The summed E-state index contributed by atoms with van der Waals surface area (Å²) >= 11 is 0. The Morgan fingerprint density at radius 3 is 2.94 bits per heavy atom. The molecule has 1 heterocycles. The van der Waals surface area contributed by atoms with Crippen molar-refractivity contribution < 1.29 is 0 Å². The summed E-state index contributed by atoms with van der Waals surface area (Å²) in [6.07, 6.45) is 0. The highest BCUT2D eigenvalue weighted by atomic mass is 15.2. The maximum Gasteiger partial charge on any atom is 0.118 e. The number of likely N-dealkylation sites (N-methyl/N-ethyl adjacent to an activating group) is 1. The molecular formula is C14H21N3. The van der Waals surface area contributed by atoms with E-state index in [4.69, 9.17) is 0 Å². The van der Waals surface area contributed by atoms with Crippen LogP contribution in [0.25, 0.3) is 0 Å². The Labute approximate surface area is 104 Å². The van der Waals surface area contributed by atoms with Gasteiger partial charge in [-0.05, 0) is 38.0 Å². The van der Waals surface area contributed by atoms with E-state index in [0.29, 0.717) is 0 Å². The summed E-state index contributed by atoms with van der Waals surface area (Å²) in [5.74, 6) is 1.19. The molecule has 1 aliphatic rings. The lowest BCUT2D eigenvalue weighted by atomic mass is 10.1. The Kier molecular flexibility index (Phi) is 3.67. The molecule has 0 radical (unpaired) electrons. The molecule has 1 aliphatic heterocycles. The highest BCUT2D eigenvalue weighted by molar-refractivity contribution is 5.87. The third-order valence-electron chi connectivity index (χ3n) is 3.45. The number of hydrogen-bond acceptors (Lipinski definition) is 3. The lowest BCUT2D eigenvalue weighted by Gasteiger charge is -2.19. The number of aryl methyl sites for hydroxylation is 1. The fourth-order valence-electron chi connectivity index (χ4n) is 2.15. The lowest BCUT2D eigenvalue weighted by Crippen LogP contribution is -2.32. The number of rotatable bonds is 4. The van der Waals surface area contributed by atoms with E-state index in [9.17, 15) is 0 Å². The molecule has 0 saturated heterocycles. The van der Waals surface area contributed by atoms with Crippen molar-refractivity contribution in [3.8, 4) is 0 Å². The van der Waals surface area contributed by atoms with Gasteiger partial charge in [-0.15, -0.1) is 0 Å². The number of anilines is 1. The molecule has 0 amide bonds. The zero-order chi connectivity index (χ0) is 12.3. The van der Waals surface area contributed by atoms with Crippen LogP contribution in [0.4, 0.5) is 5.69 Å². The van der Waals surface area contributed by atoms with Crippen LogP contribution in [0.3, 0.4) is 0 Å². The first-order valence-electron chi connectivity index (χ1n) is 6.30. The maximum absolute atomic E-state index is 4.54. The van der Waals surface area contributed by atoms with Crippen LogP contribution in [0, 0.1) is 13.8 Å². The molecule has 92 valence electrons. The summed E-state index contributed by atoms with van der Waals surface area (Å²) in [6, 6.07) is 6.37. The zero-order valence-electron chi connectivity index (χ0n) is 11.0. The molecule has 0 bridgehead atoms. The summed E-state index contributed by atoms with van der Waals surface area (Å²) in [7, 11) is 0. The van der Waals surface area contributed by atoms with Crippen molar-refractivity contribution in [2.75, 3.05) is 31.5 Å². The molecule has 3 nitrogen and oxygen atoms in total. The van der Waals surface area contributed by atoms with Crippen LogP contribution in [0.2, 0.25) is 0 Å². The van der Waals surface area contributed by atoms with Crippen molar-refractivity contribution in [2.24, 2.45) is 4.99 Å². The Morgan fingerprint density at radius 2 is 2.18 bits per heavy atom. The molecule has 1 aromatic rings. The van der Waals surface area contributed by atoms with E-state index >= 15 is 0 Å². The van der Waals surface area contributed by atoms with Gasteiger partial charge in [0.25, 0.3) is 0 Å². The van der Waals surface area contributed by atoms with Crippen LogP contribution in [0.15, 0.2) is 23.2 Å². The Bertz CT molecular complexity index is 423. The van der Waals surface area contributed by atoms with Crippen molar-refractivity contribution >= 4 is 11.5 Å². The Balaban J connectivity index is 2.00. The molecule has 0 saturated carbocycles. The van der Waals surface area contributed by atoms with Gasteiger partial charge in [0, 0.05) is 18.8 Å². The number of nitrogens with one attached hydrogen (secondary N) is 1. The van der Waals surface area contributed by atoms with Crippen LogP contribution in [-0.4, -0.2) is 36.9 Å². The third-order valence-corrected chi connectivity index (χ3v) is 3.45. The monoisotopic (exact) mass is 231 g/mol. The van der Waals surface area contributed by atoms with E-state index in [1.807, 2.05) is 0 Å². The summed E-state index contributed by atoms with van der Waals surface area (Å²) in [6.45, 7) is 10.4. The molecule has 0 unspecified atom stereocenters. The van der Waals surface area contributed by atoms with Crippen molar-refractivity contribution in [3.63, 3.8) is 0 Å². The second-order valence-electron chi connectivity index (χ2n) is 4.48. The molecule has 0 fully saturated rings. The van der Waals surface area contributed by atoms with E-state index in [1.165, 1.54) is 22.6 Å². The Morgan fingerprint density at radius 1 is 1.35 bits per heavy atom. The van der Waals surface area contributed by atoms with Crippen molar-refractivity contribution in [1.82, 2.24) is 4.90 Å². The fraction of sp³-hybridized carbons (Fsp3) is 0.500. The molecule has 1 N–H and O–H groups in total. The fourth-order valence-corrected chi connectivity index (χ4v) is 2.15. The average molecular weight is 231 g/mol. The first-order valence-corrected chi connectivity index (χ1v) is 6.30. The van der Waals surface area contributed by atoms with E-state index < -0.39 is 0 Å². The van der Waals surface area contributed by atoms with Gasteiger partial charge < -0.3 is 10.2 Å². The molecule has 17 heavy (non-hydrogen) atoms. The van der Waals surface area contributed by atoms with Gasteiger partial charge in [-0.3, -0.25) is 4.99 Å². The largest absolute Gasteiger partial charge is 0.378 e. The molecule has 0 aromatic heterocycles. The molecule has 1 aromatic carbocycles. The van der Waals surface area contributed by atoms with Gasteiger partial charge in [-0.25, -0.2) is 0 Å². The van der Waals surface area contributed by atoms with Crippen LogP contribution in [-0.2, 0) is 0 Å². The predicted octanol–water partition coefficient (Wildman–Crippen LogP) is 2.45. The molecular weight excluding hydrogens is 210 g/mol. The smallest absolute Gasteiger partial charge is 0.118 e. The van der Waals surface area contributed by atoms with Crippen LogP contribution in [0.1, 0.15) is 18.1 Å². The molecule has 0 aliphatic carbocycles. The highest BCUT2D eigenvalue weighted by Gasteiger charge is 2.14. The van der Waals surface area contributed by atoms with Gasteiger partial charge in [-0.2, -0.15) is 0 Å². The third kappa shape index (κ3) is 2.60. The number of aliphatic imine (C=N–C) groups is 1. The molecule has 0 spiro atoms. The zero-order valence-corrected chi connectivity index (χ0v) is 11.0. The van der Waals surface area contributed by atoms with E-state index in [-0.39, 0.29) is 0 Å². The van der Waals surface area contributed by atoms with E-state index in [0.717, 1.165) is 26.2 Å².